The molecule has 0 aliphatic carbocycles. The van der Waals surface area contributed by atoms with Gasteiger partial charge in [-0.1, -0.05) is 5.16 Å². The van der Waals surface area contributed by atoms with Crippen LogP contribution in [-0.4, -0.2) is 46.7 Å². The van der Waals surface area contributed by atoms with E-state index < -0.39 is 0 Å². The minimum absolute atomic E-state index is 0.0894. The lowest BCUT2D eigenvalue weighted by molar-refractivity contribution is -0.122. The third kappa shape index (κ3) is 3.68. The molecule has 4 heterocycles. The molecule has 0 spiro atoms. The summed E-state index contributed by atoms with van der Waals surface area (Å²) in [5.41, 5.74) is 1.44. The lowest BCUT2D eigenvalue weighted by Gasteiger charge is -2.11. The summed E-state index contributed by atoms with van der Waals surface area (Å²) in [7, 11) is 0. The zero-order valence-corrected chi connectivity index (χ0v) is 15.7. The molecule has 150 valence electrons. The van der Waals surface area contributed by atoms with Crippen LogP contribution in [0.15, 0.2) is 41.1 Å². The van der Waals surface area contributed by atoms with Crippen molar-refractivity contribution in [3.63, 3.8) is 0 Å². The van der Waals surface area contributed by atoms with Crippen molar-refractivity contribution in [2.45, 2.75) is 25.5 Å². The number of nitrogens with zero attached hydrogens (tertiary/aromatic N) is 3. The molecule has 2 aliphatic rings. The average molecular weight is 396 g/mol. The predicted molar refractivity (Wildman–Crippen MR) is 101 cm³/mol. The fourth-order valence-electron chi connectivity index (χ4n) is 3.47. The Balaban J connectivity index is 1.28. The molecule has 1 atom stereocenters. The van der Waals surface area contributed by atoms with E-state index in [1.807, 2.05) is 36.5 Å². The highest BCUT2D eigenvalue weighted by atomic mass is 16.7. The Morgan fingerprint density at radius 3 is 3.07 bits per heavy atom. The third-order valence-electron chi connectivity index (χ3n) is 4.97. The maximum absolute atomic E-state index is 12.3. The highest BCUT2D eigenvalue weighted by molar-refractivity contribution is 5.76. The van der Waals surface area contributed by atoms with Gasteiger partial charge >= 0.3 is 0 Å². The molecule has 9 nitrogen and oxygen atoms in total. The van der Waals surface area contributed by atoms with Gasteiger partial charge in [0.2, 0.25) is 18.5 Å². The number of fused-ring (bicyclic) bond motifs is 1. The van der Waals surface area contributed by atoms with Crippen LogP contribution in [0.4, 0.5) is 0 Å². The van der Waals surface area contributed by atoms with E-state index in [0.29, 0.717) is 35.5 Å². The van der Waals surface area contributed by atoms with Crippen LogP contribution in [0, 0.1) is 0 Å². The zero-order valence-electron chi connectivity index (χ0n) is 15.7. The third-order valence-corrected chi connectivity index (χ3v) is 4.97. The van der Waals surface area contributed by atoms with E-state index in [9.17, 15) is 4.79 Å². The van der Waals surface area contributed by atoms with Crippen molar-refractivity contribution in [2.75, 3.05) is 19.9 Å². The van der Waals surface area contributed by atoms with E-state index in [1.54, 1.807) is 4.57 Å². The molecule has 1 aromatic carbocycles. The second kappa shape index (κ2) is 7.59. The summed E-state index contributed by atoms with van der Waals surface area (Å²) < 4.78 is 23.5. The Morgan fingerprint density at radius 2 is 2.17 bits per heavy atom. The molecule has 3 aromatic rings. The minimum atomic E-state index is -0.0894. The zero-order chi connectivity index (χ0) is 19.6. The van der Waals surface area contributed by atoms with Crippen LogP contribution in [0.5, 0.6) is 11.5 Å². The minimum Gasteiger partial charge on any atom is -0.454 e. The van der Waals surface area contributed by atoms with Gasteiger partial charge in [0.1, 0.15) is 12.2 Å². The van der Waals surface area contributed by atoms with Gasteiger partial charge in [-0.3, -0.25) is 4.79 Å². The molecule has 5 rings (SSSR count). The van der Waals surface area contributed by atoms with E-state index in [-0.39, 0.29) is 25.3 Å². The molecule has 9 heteroatoms. The summed E-state index contributed by atoms with van der Waals surface area (Å²) in [6.07, 6.45) is 3.96. The molecule has 0 saturated carbocycles. The largest absolute Gasteiger partial charge is 0.454 e. The molecule has 2 aliphatic heterocycles. The molecule has 1 N–H and O–H groups in total. The molecule has 1 amide bonds. The summed E-state index contributed by atoms with van der Waals surface area (Å²) in [5.74, 6) is 2.04. The smallest absolute Gasteiger partial charge is 0.274 e. The van der Waals surface area contributed by atoms with Gasteiger partial charge in [-0.2, -0.15) is 4.98 Å². The summed E-state index contributed by atoms with van der Waals surface area (Å²) in [6.45, 7) is 1.67. The highest BCUT2D eigenvalue weighted by Crippen LogP contribution is 2.35. The van der Waals surface area contributed by atoms with E-state index in [0.717, 1.165) is 25.0 Å². The number of carbonyl (C=O) groups excluding carboxylic acids is 1. The van der Waals surface area contributed by atoms with Crippen LogP contribution in [0.1, 0.15) is 12.8 Å². The van der Waals surface area contributed by atoms with Gasteiger partial charge in [0.25, 0.3) is 5.89 Å². The number of ether oxygens (including phenoxy) is 3. The Hall–Kier alpha value is -3.33. The Kier molecular flexibility index (Phi) is 4.65. The number of rotatable bonds is 6. The summed E-state index contributed by atoms with van der Waals surface area (Å²) in [4.78, 5) is 16.8. The van der Waals surface area contributed by atoms with Gasteiger partial charge in [0, 0.05) is 24.9 Å². The van der Waals surface area contributed by atoms with E-state index in [1.165, 1.54) is 0 Å². The molecule has 1 saturated heterocycles. The molecule has 1 fully saturated rings. The molecular weight excluding hydrogens is 376 g/mol. The van der Waals surface area contributed by atoms with Gasteiger partial charge in [0.15, 0.2) is 11.5 Å². The molecule has 0 radical (unpaired) electrons. The van der Waals surface area contributed by atoms with Crippen molar-refractivity contribution in [3.8, 4) is 34.5 Å². The van der Waals surface area contributed by atoms with Crippen LogP contribution in [-0.2, 0) is 16.1 Å². The maximum atomic E-state index is 12.3. The van der Waals surface area contributed by atoms with E-state index >= 15 is 0 Å². The molecule has 0 bridgehead atoms. The van der Waals surface area contributed by atoms with Crippen LogP contribution in [0.25, 0.3) is 23.0 Å². The van der Waals surface area contributed by atoms with Crippen molar-refractivity contribution in [1.82, 2.24) is 20.0 Å². The molecular formula is C20H20N4O5. The second-order valence-electron chi connectivity index (χ2n) is 6.95. The predicted octanol–water partition coefficient (Wildman–Crippen LogP) is 2.23. The van der Waals surface area contributed by atoms with Gasteiger partial charge in [-0.25, -0.2) is 0 Å². The first-order valence-corrected chi connectivity index (χ1v) is 9.54. The number of hydrogen-bond donors (Lipinski definition) is 1. The fraction of sp³-hybridized carbons (Fsp3) is 0.350. The number of aromatic nitrogens is 3. The van der Waals surface area contributed by atoms with Crippen molar-refractivity contribution in [2.24, 2.45) is 0 Å². The fourth-order valence-corrected chi connectivity index (χ4v) is 3.47. The van der Waals surface area contributed by atoms with Crippen molar-refractivity contribution < 1.29 is 23.5 Å². The summed E-state index contributed by atoms with van der Waals surface area (Å²) in [5, 5.41) is 6.98. The van der Waals surface area contributed by atoms with Crippen molar-refractivity contribution >= 4 is 5.91 Å². The normalized spacial score (nSPS) is 17.6. The summed E-state index contributed by atoms with van der Waals surface area (Å²) in [6, 6.07) is 9.15. The first kappa shape index (κ1) is 17.7. The number of hydrogen-bond acceptors (Lipinski definition) is 7. The quantitative estimate of drug-likeness (QED) is 0.682. The number of amides is 1. The maximum Gasteiger partial charge on any atom is 0.274 e. The Labute approximate surface area is 166 Å². The van der Waals surface area contributed by atoms with Crippen molar-refractivity contribution in [1.29, 1.82) is 0 Å². The first-order chi connectivity index (χ1) is 14.3. The molecule has 2 aromatic heterocycles. The lowest BCUT2D eigenvalue weighted by Crippen LogP contribution is -2.34. The van der Waals surface area contributed by atoms with Crippen LogP contribution >= 0.6 is 0 Å². The van der Waals surface area contributed by atoms with Gasteiger partial charge in [-0.15, -0.1) is 0 Å². The average Bonchev–Trinajstić information content (AvgIpc) is 3.53. The number of nitrogens with one attached hydrogen (secondary N) is 1. The first-order valence-electron chi connectivity index (χ1n) is 9.54. The Morgan fingerprint density at radius 1 is 1.24 bits per heavy atom. The molecule has 1 unspecified atom stereocenters. The van der Waals surface area contributed by atoms with E-state index in [4.69, 9.17) is 18.7 Å². The number of carbonyl (C=O) groups is 1. The van der Waals surface area contributed by atoms with Gasteiger partial charge < -0.3 is 28.6 Å². The van der Waals surface area contributed by atoms with Crippen LogP contribution < -0.4 is 14.8 Å². The lowest BCUT2D eigenvalue weighted by atomic mass is 10.2. The summed E-state index contributed by atoms with van der Waals surface area (Å²) >= 11 is 0. The molecule has 29 heavy (non-hydrogen) atoms. The van der Waals surface area contributed by atoms with Crippen LogP contribution in [0.2, 0.25) is 0 Å². The highest BCUT2D eigenvalue weighted by Gasteiger charge is 2.20. The Bertz CT molecular complexity index is 1020. The van der Waals surface area contributed by atoms with Gasteiger partial charge in [-0.05, 0) is 43.2 Å². The number of benzene rings is 1. The van der Waals surface area contributed by atoms with Crippen LogP contribution in [0.3, 0.4) is 0 Å². The second-order valence-corrected chi connectivity index (χ2v) is 6.95. The van der Waals surface area contributed by atoms with E-state index in [2.05, 4.69) is 15.5 Å². The standard InChI is InChI=1S/C20H20N4O5/c25-18(21-10-14-3-2-8-26-14)11-24-7-1-4-15(24)20-22-19(23-29-20)13-5-6-16-17(9-13)28-12-27-16/h1,4-7,9,14H,2-3,8,10-12H2,(H,21,25). The topological polar surface area (TPSA) is 101 Å². The monoisotopic (exact) mass is 396 g/mol. The van der Waals surface area contributed by atoms with Gasteiger partial charge in [0.05, 0.1) is 6.10 Å². The van der Waals surface area contributed by atoms with Crippen molar-refractivity contribution in [3.05, 3.63) is 36.5 Å². The SMILES string of the molecule is O=C(Cn1cccc1-c1nc(-c2ccc3c(c2)OCO3)no1)NCC1CCCO1.